The number of carboxylic acids is 1. The number of carbonyl (C=O) groups is 1. The number of nitrogens with zero attached hydrogens (tertiary/aromatic N) is 1. The SMILES string of the molecule is Cc1cnccc1-c1cccc(C(CCC(=O)O)NSc2ccccc2C(F)(F)F)c1. The van der Waals surface area contributed by atoms with E-state index in [-0.39, 0.29) is 17.7 Å². The van der Waals surface area contributed by atoms with Crippen molar-refractivity contribution in [3.05, 3.63) is 83.7 Å². The molecule has 0 fully saturated rings. The van der Waals surface area contributed by atoms with Crippen molar-refractivity contribution < 1.29 is 23.1 Å². The molecule has 0 spiro atoms. The quantitative estimate of drug-likeness (QED) is 0.399. The van der Waals surface area contributed by atoms with E-state index < -0.39 is 23.8 Å². The molecule has 1 unspecified atom stereocenters. The minimum absolute atomic E-state index is 0.0384. The summed E-state index contributed by atoms with van der Waals surface area (Å²) in [4.78, 5) is 15.3. The normalized spacial score (nSPS) is 12.5. The molecule has 0 aliphatic heterocycles. The zero-order valence-corrected chi connectivity index (χ0v) is 17.5. The molecule has 0 saturated carbocycles. The van der Waals surface area contributed by atoms with Gasteiger partial charge in [0.1, 0.15) is 0 Å². The number of pyridine rings is 1. The van der Waals surface area contributed by atoms with Crippen LogP contribution >= 0.6 is 11.9 Å². The highest BCUT2D eigenvalue weighted by Crippen LogP contribution is 2.37. The number of benzene rings is 2. The second-order valence-electron chi connectivity index (χ2n) is 7.01. The third kappa shape index (κ3) is 6.08. The number of aromatic nitrogens is 1. The zero-order valence-electron chi connectivity index (χ0n) is 16.7. The van der Waals surface area contributed by atoms with Crippen LogP contribution in [0.4, 0.5) is 13.2 Å². The van der Waals surface area contributed by atoms with E-state index in [4.69, 9.17) is 5.11 Å². The molecule has 1 atom stereocenters. The van der Waals surface area contributed by atoms with Crippen molar-refractivity contribution >= 4 is 17.9 Å². The predicted molar refractivity (Wildman–Crippen MR) is 114 cm³/mol. The molecule has 0 saturated heterocycles. The van der Waals surface area contributed by atoms with Crippen LogP contribution in [-0.2, 0) is 11.0 Å². The highest BCUT2D eigenvalue weighted by atomic mass is 32.2. The number of aliphatic carboxylic acids is 1. The molecule has 2 aromatic carbocycles. The van der Waals surface area contributed by atoms with Gasteiger partial charge in [-0.3, -0.25) is 14.5 Å². The molecule has 3 rings (SSSR count). The molecular formula is C23H21F3N2O2S. The first kappa shape index (κ1) is 22.8. The third-order valence-corrected chi connectivity index (χ3v) is 5.75. The summed E-state index contributed by atoms with van der Waals surface area (Å²) < 4.78 is 43.0. The lowest BCUT2D eigenvalue weighted by molar-refractivity contribution is -0.140. The minimum atomic E-state index is -4.47. The number of alkyl halides is 3. The lowest BCUT2D eigenvalue weighted by atomic mass is 9.96. The molecule has 3 aromatic rings. The van der Waals surface area contributed by atoms with Gasteiger partial charge in [0, 0.05) is 29.8 Å². The van der Waals surface area contributed by atoms with Gasteiger partial charge < -0.3 is 5.11 Å². The van der Waals surface area contributed by atoms with Crippen LogP contribution < -0.4 is 4.72 Å². The largest absolute Gasteiger partial charge is 0.481 e. The van der Waals surface area contributed by atoms with Crippen LogP contribution in [0.15, 0.2) is 71.9 Å². The molecule has 162 valence electrons. The molecule has 0 aliphatic carbocycles. The van der Waals surface area contributed by atoms with Gasteiger partial charge in [-0.05, 0) is 71.8 Å². The fourth-order valence-corrected chi connectivity index (χ4v) is 4.17. The molecule has 1 aromatic heterocycles. The summed E-state index contributed by atoms with van der Waals surface area (Å²) in [6.45, 7) is 1.94. The summed E-state index contributed by atoms with van der Waals surface area (Å²) in [5.41, 5.74) is 2.98. The van der Waals surface area contributed by atoms with E-state index in [1.54, 1.807) is 18.5 Å². The predicted octanol–water partition coefficient (Wildman–Crippen LogP) is 6.28. The van der Waals surface area contributed by atoms with Gasteiger partial charge in [0.05, 0.1) is 5.56 Å². The number of carboxylic acid groups (broad SMARTS) is 1. The lowest BCUT2D eigenvalue weighted by Crippen LogP contribution is -2.17. The van der Waals surface area contributed by atoms with E-state index in [1.165, 1.54) is 12.1 Å². The second kappa shape index (κ2) is 9.98. The van der Waals surface area contributed by atoms with Crippen LogP contribution in [0.2, 0.25) is 0 Å². The summed E-state index contributed by atoms with van der Waals surface area (Å²) in [5, 5.41) is 9.12. The Bertz CT molecular complexity index is 1060. The highest BCUT2D eigenvalue weighted by Gasteiger charge is 2.33. The van der Waals surface area contributed by atoms with E-state index >= 15 is 0 Å². The summed E-state index contributed by atoms with van der Waals surface area (Å²) in [5.74, 6) is -0.964. The van der Waals surface area contributed by atoms with Crippen molar-refractivity contribution in [2.24, 2.45) is 0 Å². The van der Waals surface area contributed by atoms with Gasteiger partial charge in [-0.15, -0.1) is 0 Å². The number of nitrogens with one attached hydrogen (secondary N) is 1. The Morgan fingerprint density at radius 2 is 1.94 bits per heavy atom. The maximum atomic E-state index is 13.3. The van der Waals surface area contributed by atoms with Gasteiger partial charge in [-0.2, -0.15) is 13.2 Å². The van der Waals surface area contributed by atoms with Gasteiger partial charge in [-0.1, -0.05) is 30.3 Å². The second-order valence-corrected chi connectivity index (χ2v) is 7.89. The molecule has 8 heteroatoms. The standard InChI is InChI=1S/C23H21F3N2O2S/c1-15-14-27-12-11-18(15)16-5-4-6-17(13-16)20(9-10-22(29)30)28-31-21-8-3-2-7-19(21)23(24,25)26/h2-8,11-14,20,28H,9-10H2,1H3,(H,29,30). The number of hydrogen-bond donors (Lipinski definition) is 2. The number of rotatable bonds is 8. The smallest absolute Gasteiger partial charge is 0.417 e. The van der Waals surface area contributed by atoms with Gasteiger partial charge in [0.2, 0.25) is 0 Å². The topological polar surface area (TPSA) is 62.2 Å². The van der Waals surface area contributed by atoms with E-state index in [0.717, 1.165) is 40.3 Å². The van der Waals surface area contributed by atoms with Crippen molar-refractivity contribution in [1.29, 1.82) is 0 Å². The third-order valence-electron chi connectivity index (χ3n) is 4.77. The van der Waals surface area contributed by atoms with Gasteiger partial charge in [0.15, 0.2) is 0 Å². The van der Waals surface area contributed by atoms with Crippen LogP contribution in [-0.4, -0.2) is 16.1 Å². The molecular weight excluding hydrogens is 425 g/mol. The number of aryl methyl sites for hydroxylation is 1. The number of halogens is 3. The highest BCUT2D eigenvalue weighted by molar-refractivity contribution is 7.97. The van der Waals surface area contributed by atoms with E-state index in [1.807, 2.05) is 37.3 Å². The van der Waals surface area contributed by atoms with E-state index in [9.17, 15) is 18.0 Å². The molecule has 0 aliphatic rings. The Morgan fingerprint density at radius 1 is 1.16 bits per heavy atom. The van der Waals surface area contributed by atoms with E-state index in [0.29, 0.717) is 0 Å². The molecule has 0 amide bonds. The van der Waals surface area contributed by atoms with Crippen LogP contribution in [0, 0.1) is 6.92 Å². The van der Waals surface area contributed by atoms with Crippen molar-refractivity contribution in [2.75, 3.05) is 0 Å². The van der Waals surface area contributed by atoms with Crippen LogP contribution in [0.5, 0.6) is 0 Å². The molecule has 2 N–H and O–H groups in total. The van der Waals surface area contributed by atoms with Crippen molar-refractivity contribution in [2.45, 2.75) is 36.9 Å². The van der Waals surface area contributed by atoms with E-state index in [2.05, 4.69) is 9.71 Å². The van der Waals surface area contributed by atoms with Crippen molar-refractivity contribution in [3.63, 3.8) is 0 Å². The van der Waals surface area contributed by atoms with Gasteiger partial charge in [0.25, 0.3) is 0 Å². The Kier molecular flexibility index (Phi) is 7.35. The molecule has 0 radical (unpaired) electrons. The maximum absolute atomic E-state index is 13.3. The first-order valence-electron chi connectivity index (χ1n) is 9.57. The Balaban J connectivity index is 1.88. The van der Waals surface area contributed by atoms with Crippen LogP contribution in [0.1, 0.15) is 35.6 Å². The average Bonchev–Trinajstić information content (AvgIpc) is 2.73. The minimum Gasteiger partial charge on any atom is -0.481 e. The molecule has 4 nitrogen and oxygen atoms in total. The Hall–Kier alpha value is -2.84. The van der Waals surface area contributed by atoms with Crippen LogP contribution in [0.25, 0.3) is 11.1 Å². The van der Waals surface area contributed by atoms with Crippen molar-refractivity contribution in [1.82, 2.24) is 9.71 Å². The van der Waals surface area contributed by atoms with Crippen LogP contribution in [0.3, 0.4) is 0 Å². The fourth-order valence-electron chi connectivity index (χ4n) is 3.21. The summed E-state index contributed by atoms with van der Waals surface area (Å²) in [7, 11) is 0. The Morgan fingerprint density at radius 3 is 2.65 bits per heavy atom. The first-order chi connectivity index (χ1) is 14.8. The maximum Gasteiger partial charge on any atom is 0.417 e. The lowest BCUT2D eigenvalue weighted by Gasteiger charge is -2.20. The van der Waals surface area contributed by atoms with Gasteiger partial charge >= 0.3 is 12.1 Å². The molecule has 1 heterocycles. The summed E-state index contributed by atoms with van der Waals surface area (Å²) >= 11 is 0.860. The number of hydrogen-bond acceptors (Lipinski definition) is 4. The fraction of sp³-hybridized carbons (Fsp3) is 0.217. The van der Waals surface area contributed by atoms with Gasteiger partial charge in [-0.25, -0.2) is 0 Å². The molecule has 0 bridgehead atoms. The monoisotopic (exact) mass is 446 g/mol. The average molecular weight is 446 g/mol. The first-order valence-corrected chi connectivity index (χ1v) is 10.4. The molecule has 31 heavy (non-hydrogen) atoms. The summed E-state index contributed by atoms with van der Waals surface area (Å²) in [6.07, 6.45) is -0.904. The Labute approximate surface area is 182 Å². The van der Waals surface area contributed by atoms with Crippen molar-refractivity contribution in [3.8, 4) is 11.1 Å². The summed E-state index contributed by atoms with van der Waals surface area (Å²) in [6, 6.07) is 14.3. The zero-order chi connectivity index (χ0) is 22.4.